The highest BCUT2D eigenvalue weighted by atomic mass is 19.1. The minimum absolute atomic E-state index is 0.0298. The maximum atomic E-state index is 15.3. The lowest BCUT2D eigenvalue weighted by Crippen LogP contribution is -2.68. The SMILES string of the molecule is Cn1ncc2cc(-c3cnn4ccnc(Nc5cc([C@@H]6OC[C@H](OC(=O)NC78CC(C7)C8)[C@H]6F)[nH]n5)c34)ccc21. The minimum Gasteiger partial charge on any atom is -0.441 e. The van der Waals surface area contributed by atoms with E-state index in [1.807, 2.05) is 30.1 Å². The second-order valence-electron chi connectivity index (χ2n) is 11.0. The van der Waals surface area contributed by atoms with Crippen LogP contribution in [0.1, 0.15) is 31.1 Å². The van der Waals surface area contributed by atoms with E-state index in [-0.39, 0.29) is 12.1 Å². The maximum Gasteiger partial charge on any atom is 0.408 e. The fourth-order valence-electron chi connectivity index (χ4n) is 6.20. The molecule has 3 aliphatic carbocycles. The Kier molecular flexibility index (Phi) is 4.96. The van der Waals surface area contributed by atoms with Crippen LogP contribution in [0, 0.1) is 5.92 Å². The minimum atomic E-state index is -1.53. The van der Waals surface area contributed by atoms with Gasteiger partial charge in [-0.25, -0.2) is 18.7 Å². The molecular formula is C27H26FN9O3. The maximum absolute atomic E-state index is 15.3. The zero-order valence-electron chi connectivity index (χ0n) is 21.5. The van der Waals surface area contributed by atoms with E-state index in [1.54, 1.807) is 29.2 Å². The summed E-state index contributed by atoms with van der Waals surface area (Å²) in [7, 11) is 1.91. The monoisotopic (exact) mass is 543 g/mol. The first kappa shape index (κ1) is 23.4. The molecule has 1 saturated heterocycles. The molecule has 1 aliphatic heterocycles. The second kappa shape index (κ2) is 8.49. The lowest BCUT2D eigenvalue weighted by atomic mass is 9.50. The summed E-state index contributed by atoms with van der Waals surface area (Å²) in [6.07, 6.45) is 5.95. The van der Waals surface area contributed by atoms with Gasteiger partial charge in [0.15, 0.2) is 23.9 Å². The molecule has 0 spiro atoms. The first-order valence-electron chi connectivity index (χ1n) is 13.3. The molecule has 40 heavy (non-hydrogen) atoms. The number of hydrogen-bond donors (Lipinski definition) is 3. The zero-order chi connectivity index (χ0) is 27.0. The van der Waals surface area contributed by atoms with Gasteiger partial charge in [-0.15, -0.1) is 0 Å². The summed E-state index contributed by atoms with van der Waals surface area (Å²) in [4.78, 5) is 16.8. The number of fused-ring (bicyclic) bond motifs is 2. The van der Waals surface area contributed by atoms with E-state index >= 15 is 4.39 Å². The van der Waals surface area contributed by atoms with Crippen molar-refractivity contribution in [3.8, 4) is 11.1 Å². The quantitative estimate of drug-likeness (QED) is 0.294. The number of aromatic amines is 1. The normalized spacial score (nSPS) is 26.9. The molecule has 4 fully saturated rings. The Morgan fingerprint density at radius 2 is 2.10 bits per heavy atom. The third-order valence-electron chi connectivity index (χ3n) is 8.39. The van der Waals surface area contributed by atoms with Gasteiger partial charge >= 0.3 is 6.09 Å². The molecule has 3 saturated carbocycles. The highest BCUT2D eigenvalue weighted by Crippen LogP contribution is 2.57. The van der Waals surface area contributed by atoms with Crippen molar-refractivity contribution in [3.05, 3.63) is 54.7 Å². The van der Waals surface area contributed by atoms with Crippen LogP contribution in [0.15, 0.2) is 49.1 Å². The van der Waals surface area contributed by atoms with Crippen LogP contribution in [0.2, 0.25) is 0 Å². The number of aryl methyl sites for hydroxylation is 1. The molecular weight excluding hydrogens is 517 g/mol. The van der Waals surface area contributed by atoms with Crippen molar-refractivity contribution in [2.45, 2.75) is 43.2 Å². The summed E-state index contributed by atoms with van der Waals surface area (Å²) in [5.74, 6) is 1.69. The molecule has 13 heteroatoms. The van der Waals surface area contributed by atoms with Gasteiger partial charge in [0.2, 0.25) is 0 Å². The van der Waals surface area contributed by atoms with E-state index in [4.69, 9.17) is 9.47 Å². The number of rotatable bonds is 6. The Morgan fingerprint density at radius 1 is 1.23 bits per heavy atom. The first-order chi connectivity index (χ1) is 19.4. The number of H-pyrrole nitrogens is 1. The summed E-state index contributed by atoms with van der Waals surface area (Å²) < 4.78 is 29.9. The predicted octanol–water partition coefficient (Wildman–Crippen LogP) is 3.81. The van der Waals surface area contributed by atoms with Crippen molar-refractivity contribution in [2.24, 2.45) is 13.0 Å². The number of nitrogens with zero attached hydrogens (tertiary/aromatic N) is 6. The highest BCUT2D eigenvalue weighted by molar-refractivity contribution is 5.93. The molecule has 5 heterocycles. The summed E-state index contributed by atoms with van der Waals surface area (Å²) in [5.41, 5.74) is 3.95. The average molecular weight is 544 g/mol. The van der Waals surface area contributed by atoms with Crippen LogP contribution in [0.5, 0.6) is 0 Å². The Balaban J connectivity index is 1.00. The molecule has 3 N–H and O–H groups in total. The Morgan fingerprint density at radius 3 is 2.92 bits per heavy atom. The van der Waals surface area contributed by atoms with E-state index in [9.17, 15) is 4.79 Å². The van der Waals surface area contributed by atoms with Gasteiger partial charge in [0, 0.05) is 42.0 Å². The number of carbonyl (C=O) groups excluding carboxylic acids is 1. The van der Waals surface area contributed by atoms with E-state index < -0.39 is 24.5 Å². The predicted molar refractivity (Wildman–Crippen MR) is 142 cm³/mol. The van der Waals surface area contributed by atoms with Crippen LogP contribution in [-0.4, -0.2) is 65.1 Å². The lowest BCUT2D eigenvalue weighted by Gasteiger charge is -2.61. The number of halogens is 1. The van der Waals surface area contributed by atoms with Gasteiger partial charge in [0.1, 0.15) is 11.6 Å². The average Bonchev–Trinajstić information content (AvgIpc) is 3.69. The number of anilines is 2. The number of aromatic nitrogens is 7. The molecule has 204 valence electrons. The Hall–Kier alpha value is -4.52. The smallest absolute Gasteiger partial charge is 0.408 e. The number of ether oxygens (including phenoxy) is 2. The third kappa shape index (κ3) is 3.64. The summed E-state index contributed by atoms with van der Waals surface area (Å²) in [5, 5.41) is 23.1. The van der Waals surface area contributed by atoms with Crippen LogP contribution >= 0.6 is 0 Å². The van der Waals surface area contributed by atoms with Crippen LogP contribution in [0.25, 0.3) is 27.5 Å². The molecule has 4 aliphatic rings. The Bertz CT molecular complexity index is 1760. The first-order valence-corrected chi connectivity index (χ1v) is 13.3. The van der Waals surface area contributed by atoms with E-state index in [0.717, 1.165) is 52.7 Å². The van der Waals surface area contributed by atoms with Gasteiger partial charge in [0.05, 0.1) is 30.2 Å². The van der Waals surface area contributed by atoms with Crippen molar-refractivity contribution < 1.29 is 18.7 Å². The number of alkyl carbamates (subject to hydrolysis) is 1. The highest BCUT2D eigenvalue weighted by Gasteiger charge is 2.58. The van der Waals surface area contributed by atoms with Gasteiger partial charge < -0.3 is 20.1 Å². The molecule has 4 aromatic heterocycles. The van der Waals surface area contributed by atoms with Gasteiger partial charge in [-0.1, -0.05) is 6.07 Å². The van der Waals surface area contributed by atoms with E-state index in [2.05, 4.69) is 42.1 Å². The van der Waals surface area contributed by atoms with Crippen LogP contribution in [0.4, 0.5) is 20.8 Å². The van der Waals surface area contributed by atoms with Crippen LogP contribution in [0.3, 0.4) is 0 Å². The van der Waals surface area contributed by atoms with Gasteiger partial charge in [-0.05, 0) is 42.9 Å². The summed E-state index contributed by atoms with van der Waals surface area (Å²) in [6.45, 7) is -0.0298. The van der Waals surface area contributed by atoms with Crippen molar-refractivity contribution in [1.29, 1.82) is 0 Å². The number of amides is 1. The fraction of sp³-hybridized carbons (Fsp3) is 0.370. The summed E-state index contributed by atoms with van der Waals surface area (Å²) >= 11 is 0. The molecule has 0 radical (unpaired) electrons. The summed E-state index contributed by atoms with van der Waals surface area (Å²) in [6, 6.07) is 7.78. The van der Waals surface area contributed by atoms with Gasteiger partial charge in [0.25, 0.3) is 0 Å². The van der Waals surface area contributed by atoms with E-state index in [1.165, 1.54) is 0 Å². The number of hydrogen-bond acceptors (Lipinski definition) is 8. The lowest BCUT2D eigenvalue weighted by molar-refractivity contribution is -0.0528. The number of nitrogens with one attached hydrogen (secondary N) is 3. The molecule has 9 rings (SSSR count). The molecule has 12 nitrogen and oxygen atoms in total. The third-order valence-corrected chi connectivity index (χ3v) is 8.39. The standard InChI is InChI=1S/C27H26FN9O3/c1-36-19-3-2-15(6-16(19)11-30-36)17-12-31-37-5-4-29-25(23(17)37)32-21-7-18(34-35-21)24-22(28)20(13-39-24)40-26(38)33-27-8-14(9-27)10-27/h2-7,11-12,14,20,22,24H,8-10,13H2,1H3,(H,33,38)(H2,29,32,34,35)/t14?,20-,22+,24-,27?/m0/s1. The van der Waals surface area contributed by atoms with Crippen molar-refractivity contribution in [2.75, 3.05) is 11.9 Å². The molecule has 5 aromatic rings. The topological polar surface area (TPSA) is 136 Å². The Labute approximate surface area is 226 Å². The fourth-order valence-corrected chi connectivity index (χ4v) is 6.20. The molecule has 1 aromatic carbocycles. The molecule has 3 atom stereocenters. The van der Waals surface area contributed by atoms with Crippen molar-refractivity contribution in [1.82, 2.24) is 39.9 Å². The van der Waals surface area contributed by atoms with Crippen LogP contribution in [-0.2, 0) is 16.5 Å². The molecule has 2 bridgehead atoms. The van der Waals surface area contributed by atoms with Crippen molar-refractivity contribution >= 4 is 34.1 Å². The van der Waals surface area contributed by atoms with Crippen LogP contribution < -0.4 is 10.6 Å². The molecule has 1 amide bonds. The van der Waals surface area contributed by atoms with Gasteiger partial charge in [-0.2, -0.15) is 15.3 Å². The number of carbonyl (C=O) groups is 1. The van der Waals surface area contributed by atoms with Gasteiger partial charge in [-0.3, -0.25) is 9.78 Å². The number of alkyl halides is 1. The molecule has 0 unspecified atom stereocenters. The number of benzene rings is 1. The zero-order valence-corrected chi connectivity index (χ0v) is 21.5. The van der Waals surface area contributed by atoms with E-state index in [0.29, 0.717) is 17.3 Å². The van der Waals surface area contributed by atoms with Crippen molar-refractivity contribution in [3.63, 3.8) is 0 Å². The largest absolute Gasteiger partial charge is 0.441 e. The second-order valence-corrected chi connectivity index (χ2v) is 11.0.